The van der Waals surface area contributed by atoms with Crippen molar-refractivity contribution in [3.8, 4) is 5.75 Å². The predicted molar refractivity (Wildman–Crippen MR) is 44.4 cm³/mol. The number of carbonyl (C=O) groups is 1. The molecule has 0 aliphatic heterocycles. The van der Waals surface area contributed by atoms with Crippen molar-refractivity contribution in [3.63, 3.8) is 0 Å². The molecule has 15 heavy (non-hydrogen) atoms. The molecule has 0 spiro atoms. The number of pyridine rings is 1. The maximum absolute atomic E-state index is 11.7. The van der Waals surface area contributed by atoms with Crippen molar-refractivity contribution in [2.75, 3.05) is 0 Å². The number of alkyl halides is 3. The van der Waals surface area contributed by atoms with Gasteiger partial charge in [-0.05, 0) is 0 Å². The number of hydrogen-bond donors (Lipinski definition) is 1. The van der Waals surface area contributed by atoms with Crippen LogP contribution in [0.15, 0.2) is 12.3 Å². The minimum Gasteiger partial charge on any atom is -0.404 e. The maximum atomic E-state index is 11.7. The van der Waals surface area contributed by atoms with Gasteiger partial charge >= 0.3 is 6.36 Å². The van der Waals surface area contributed by atoms with Gasteiger partial charge in [0.2, 0.25) is 0 Å². The molecule has 1 amide bonds. The Morgan fingerprint density at radius 1 is 1.53 bits per heavy atom. The quantitative estimate of drug-likeness (QED) is 0.856. The number of primary amides is 1. The fraction of sp³-hybridized carbons (Fsp3) is 0.143. The van der Waals surface area contributed by atoms with Crippen LogP contribution in [-0.2, 0) is 0 Å². The van der Waals surface area contributed by atoms with Crippen molar-refractivity contribution >= 4 is 17.5 Å². The first-order valence-corrected chi connectivity index (χ1v) is 3.88. The van der Waals surface area contributed by atoms with Crippen LogP contribution in [0.1, 0.15) is 10.5 Å². The van der Waals surface area contributed by atoms with Crippen LogP contribution < -0.4 is 10.5 Å². The lowest BCUT2D eigenvalue weighted by atomic mass is 10.3. The number of rotatable bonds is 2. The summed E-state index contributed by atoms with van der Waals surface area (Å²) >= 11 is 5.44. The van der Waals surface area contributed by atoms with Crippen molar-refractivity contribution < 1.29 is 22.7 Å². The predicted octanol–water partition coefficient (Wildman–Crippen LogP) is 1.73. The highest BCUT2D eigenvalue weighted by Gasteiger charge is 2.31. The van der Waals surface area contributed by atoms with Crippen molar-refractivity contribution in [1.29, 1.82) is 0 Å². The highest BCUT2D eigenvalue weighted by Crippen LogP contribution is 2.25. The van der Waals surface area contributed by atoms with E-state index < -0.39 is 18.0 Å². The Hall–Kier alpha value is -1.50. The van der Waals surface area contributed by atoms with Gasteiger partial charge in [-0.25, -0.2) is 4.98 Å². The summed E-state index contributed by atoms with van der Waals surface area (Å²) in [5.41, 5.74) is 4.53. The monoisotopic (exact) mass is 240 g/mol. The van der Waals surface area contributed by atoms with Gasteiger partial charge in [-0.1, -0.05) is 11.6 Å². The van der Waals surface area contributed by atoms with Gasteiger partial charge in [-0.3, -0.25) is 4.79 Å². The van der Waals surface area contributed by atoms with Crippen LogP contribution in [0.25, 0.3) is 0 Å². The summed E-state index contributed by atoms with van der Waals surface area (Å²) in [5, 5.41) is -0.302. The average molecular weight is 241 g/mol. The summed E-state index contributed by atoms with van der Waals surface area (Å²) in [6.45, 7) is 0. The van der Waals surface area contributed by atoms with Crippen molar-refractivity contribution in [2.45, 2.75) is 6.36 Å². The highest BCUT2D eigenvalue weighted by molar-refractivity contribution is 6.33. The van der Waals surface area contributed by atoms with Crippen LogP contribution in [0.3, 0.4) is 0 Å². The molecule has 0 fully saturated rings. The van der Waals surface area contributed by atoms with E-state index in [1.165, 1.54) is 0 Å². The first kappa shape index (κ1) is 11.6. The molecule has 0 aliphatic carbocycles. The standard InChI is InChI=1S/C7H4ClF3N2O2/c8-4-1-3(15-7(9,10)11)2-13-5(4)6(12)14/h1-2H,(H2,12,14). The minimum atomic E-state index is -4.83. The number of nitrogens with two attached hydrogens (primary N) is 1. The van der Waals surface area contributed by atoms with Gasteiger partial charge in [0.05, 0.1) is 11.2 Å². The highest BCUT2D eigenvalue weighted by atomic mass is 35.5. The van der Waals surface area contributed by atoms with E-state index in [-0.39, 0.29) is 10.7 Å². The zero-order chi connectivity index (χ0) is 11.6. The lowest BCUT2D eigenvalue weighted by molar-refractivity contribution is -0.274. The summed E-state index contributed by atoms with van der Waals surface area (Å²) in [6.07, 6.45) is -4.13. The van der Waals surface area contributed by atoms with Crippen molar-refractivity contribution in [3.05, 3.63) is 23.0 Å². The molecule has 0 saturated heterocycles. The van der Waals surface area contributed by atoms with Gasteiger partial charge in [-0.2, -0.15) is 0 Å². The van der Waals surface area contributed by atoms with E-state index in [1.54, 1.807) is 0 Å². The molecular weight excluding hydrogens is 237 g/mol. The minimum absolute atomic E-state index is 0.302. The smallest absolute Gasteiger partial charge is 0.404 e. The molecule has 0 atom stereocenters. The Balaban J connectivity index is 2.97. The summed E-state index contributed by atoms with van der Waals surface area (Å²) < 4.78 is 38.8. The molecular formula is C7H4ClF3N2O2. The zero-order valence-electron chi connectivity index (χ0n) is 7.01. The van der Waals surface area contributed by atoms with Crippen LogP contribution in [0, 0.1) is 0 Å². The number of halogens is 4. The fourth-order valence-corrected chi connectivity index (χ4v) is 1.04. The first-order valence-electron chi connectivity index (χ1n) is 3.50. The SMILES string of the molecule is NC(=O)c1ncc(OC(F)(F)F)cc1Cl. The molecule has 4 nitrogen and oxygen atoms in total. The van der Waals surface area contributed by atoms with Crippen LogP contribution >= 0.6 is 11.6 Å². The molecule has 82 valence electrons. The Morgan fingerprint density at radius 3 is 2.53 bits per heavy atom. The second-order valence-corrected chi connectivity index (χ2v) is 2.82. The summed E-state index contributed by atoms with van der Waals surface area (Å²) in [6, 6.07) is 0.808. The number of amides is 1. The maximum Gasteiger partial charge on any atom is 0.573 e. The average Bonchev–Trinajstić information content (AvgIpc) is 1.99. The third-order valence-electron chi connectivity index (χ3n) is 1.28. The van der Waals surface area contributed by atoms with Crippen LogP contribution in [-0.4, -0.2) is 17.3 Å². The van der Waals surface area contributed by atoms with Gasteiger partial charge in [0.25, 0.3) is 5.91 Å². The van der Waals surface area contributed by atoms with E-state index in [0.717, 1.165) is 6.07 Å². The molecule has 0 radical (unpaired) electrons. The van der Waals surface area contributed by atoms with Crippen LogP contribution in [0.2, 0.25) is 5.02 Å². The Morgan fingerprint density at radius 2 is 2.13 bits per heavy atom. The second kappa shape index (κ2) is 3.93. The molecule has 1 aromatic heterocycles. The van der Waals surface area contributed by atoms with E-state index in [2.05, 4.69) is 9.72 Å². The van der Waals surface area contributed by atoms with Crippen LogP contribution in [0.5, 0.6) is 5.75 Å². The molecule has 0 unspecified atom stereocenters. The van der Waals surface area contributed by atoms with E-state index in [9.17, 15) is 18.0 Å². The molecule has 1 rings (SSSR count). The van der Waals surface area contributed by atoms with Gasteiger partial charge in [0.15, 0.2) is 0 Å². The topological polar surface area (TPSA) is 65.2 Å². The fourth-order valence-electron chi connectivity index (χ4n) is 0.791. The van der Waals surface area contributed by atoms with Gasteiger partial charge < -0.3 is 10.5 Å². The summed E-state index contributed by atoms with van der Waals surface area (Å²) in [7, 11) is 0. The van der Waals surface area contributed by atoms with E-state index >= 15 is 0 Å². The number of carbonyl (C=O) groups excluding carboxylic acids is 1. The summed E-state index contributed by atoms with van der Waals surface area (Å²) in [4.78, 5) is 14.0. The molecule has 1 heterocycles. The third kappa shape index (κ3) is 3.28. The molecule has 0 saturated carbocycles. The normalized spacial score (nSPS) is 11.2. The number of ether oxygens (including phenoxy) is 1. The summed E-state index contributed by atoms with van der Waals surface area (Å²) in [5.74, 6) is -1.55. The van der Waals surface area contributed by atoms with Gasteiger partial charge in [0, 0.05) is 6.07 Å². The number of aromatic nitrogens is 1. The Labute approximate surface area is 86.8 Å². The molecule has 1 aromatic rings. The molecule has 8 heteroatoms. The molecule has 0 bridgehead atoms. The lowest BCUT2D eigenvalue weighted by Crippen LogP contribution is -2.18. The number of nitrogens with zero attached hydrogens (tertiary/aromatic N) is 1. The largest absolute Gasteiger partial charge is 0.573 e. The number of hydrogen-bond acceptors (Lipinski definition) is 3. The Bertz CT molecular complexity index is 394. The molecule has 0 aliphatic rings. The van der Waals surface area contributed by atoms with Crippen molar-refractivity contribution in [2.24, 2.45) is 5.73 Å². The first-order chi connectivity index (χ1) is 6.79. The van der Waals surface area contributed by atoms with Crippen LogP contribution in [0.4, 0.5) is 13.2 Å². The van der Waals surface area contributed by atoms with E-state index in [1.807, 2.05) is 0 Å². The van der Waals surface area contributed by atoms with Crippen molar-refractivity contribution in [1.82, 2.24) is 4.98 Å². The Kier molecular flexibility index (Phi) is 3.04. The molecule has 0 aromatic carbocycles. The second-order valence-electron chi connectivity index (χ2n) is 2.41. The van der Waals surface area contributed by atoms with Gasteiger partial charge in [0.1, 0.15) is 11.4 Å². The van der Waals surface area contributed by atoms with E-state index in [4.69, 9.17) is 17.3 Å². The molecule has 2 N–H and O–H groups in total. The lowest BCUT2D eigenvalue weighted by Gasteiger charge is -2.08. The third-order valence-corrected chi connectivity index (χ3v) is 1.57. The van der Waals surface area contributed by atoms with Gasteiger partial charge in [-0.15, -0.1) is 13.2 Å². The van der Waals surface area contributed by atoms with E-state index in [0.29, 0.717) is 6.20 Å². The zero-order valence-corrected chi connectivity index (χ0v) is 7.76.